The van der Waals surface area contributed by atoms with Crippen LogP contribution in [0.25, 0.3) is 0 Å². The third-order valence-corrected chi connectivity index (χ3v) is 6.48. The van der Waals surface area contributed by atoms with Crippen molar-refractivity contribution in [3.63, 3.8) is 0 Å². The minimum atomic E-state index is -4.03. The normalized spacial score (nSPS) is 12.8. The number of nitrogens with zero attached hydrogens (tertiary/aromatic N) is 1. The van der Waals surface area contributed by atoms with E-state index >= 15 is 0 Å². The number of ether oxygens (including phenoxy) is 1. The van der Waals surface area contributed by atoms with Gasteiger partial charge in [-0.25, -0.2) is 8.42 Å². The van der Waals surface area contributed by atoms with Crippen molar-refractivity contribution >= 4 is 16.0 Å². The van der Waals surface area contributed by atoms with Crippen LogP contribution in [0.15, 0.2) is 53.4 Å². The van der Waals surface area contributed by atoms with Gasteiger partial charge in [-0.3, -0.25) is 4.79 Å². The predicted octanol–water partition coefficient (Wildman–Crippen LogP) is 3.67. The summed E-state index contributed by atoms with van der Waals surface area (Å²) in [4.78, 5) is 11.5. The molecule has 1 atom stereocenters. The first-order chi connectivity index (χ1) is 14.4. The van der Waals surface area contributed by atoms with Gasteiger partial charge in [0.2, 0.25) is 10.0 Å². The molecule has 0 aliphatic rings. The third kappa shape index (κ3) is 7.21. The van der Waals surface area contributed by atoms with Gasteiger partial charge in [0, 0.05) is 17.7 Å². The molecule has 0 bridgehead atoms. The first-order valence-electron chi connectivity index (χ1n) is 9.97. The first-order valence-corrected chi connectivity index (χ1v) is 11.4. The van der Waals surface area contributed by atoms with Gasteiger partial charge in [-0.2, -0.15) is 4.31 Å². The lowest BCUT2D eigenvalue weighted by Crippen LogP contribution is -2.45. The predicted molar refractivity (Wildman–Crippen MR) is 120 cm³/mol. The second-order valence-electron chi connectivity index (χ2n) is 8.23. The van der Waals surface area contributed by atoms with Crippen LogP contribution in [0, 0.1) is 18.8 Å². The highest BCUT2D eigenvalue weighted by atomic mass is 32.2. The van der Waals surface area contributed by atoms with Crippen LogP contribution in [0.5, 0.6) is 0 Å². The lowest BCUT2D eigenvalue weighted by molar-refractivity contribution is -0.141. The molecule has 0 aliphatic heterocycles. The summed E-state index contributed by atoms with van der Waals surface area (Å²) in [6.45, 7) is 8.91. The molecule has 0 fully saturated rings. The zero-order valence-corrected chi connectivity index (χ0v) is 19.4. The van der Waals surface area contributed by atoms with Gasteiger partial charge in [-0.15, -0.1) is 0 Å². The van der Waals surface area contributed by atoms with Gasteiger partial charge in [-0.1, -0.05) is 29.5 Å². The minimum Gasteiger partial charge on any atom is -0.480 e. The Morgan fingerprint density at radius 3 is 1.97 bits per heavy atom. The molecule has 0 spiro atoms. The molecule has 0 saturated carbocycles. The molecule has 0 saturated heterocycles. The van der Waals surface area contributed by atoms with E-state index in [2.05, 4.69) is 11.8 Å². The maximum atomic E-state index is 13.1. The fraction of sp³-hybridized carbons (Fsp3) is 0.375. The molecular weight excluding hydrogens is 414 g/mol. The van der Waals surface area contributed by atoms with Crippen molar-refractivity contribution < 1.29 is 23.1 Å². The number of benzene rings is 2. The van der Waals surface area contributed by atoms with Gasteiger partial charge in [0.05, 0.1) is 17.1 Å². The fourth-order valence-corrected chi connectivity index (χ4v) is 4.29. The van der Waals surface area contributed by atoms with Gasteiger partial charge < -0.3 is 9.84 Å². The molecule has 0 radical (unpaired) electrons. The molecule has 0 amide bonds. The highest BCUT2D eigenvalue weighted by molar-refractivity contribution is 7.89. The van der Waals surface area contributed by atoms with Gasteiger partial charge in [0.15, 0.2) is 0 Å². The Morgan fingerprint density at radius 1 is 1.03 bits per heavy atom. The second kappa shape index (κ2) is 10.1. The maximum Gasteiger partial charge on any atom is 0.321 e. The van der Waals surface area contributed by atoms with E-state index < -0.39 is 27.6 Å². The molecule has 0 heterocycles. The Bertz CT molecular complexity index is 1060. The molecular formula is C24H29NO5S. The molecule has 0 aliphatic carbocycles. The quantitative estimate of drug-likeness (QED) is 0.660. The summed E-state index contributed by atoms with van der Waals surface area (Å²) in [5.74, 6) is 4.83. The van der Waals surface area contributed by atoms with Crippen LogP contribution in [-0.2, 0) is 19.6 Å². The van der Waals surface area contributed by atoms with E-state index in [1.54, 1.807) is 12.1 Å². The van der Waals surface area contributed by atoms with Gasteiger partial charge in [-0.05, 0) is 71.0 Å². The number of sulfonamides is 1. The summed E-state index contributed by atoms with van der Waals surface area (Å²) in [6.07, 6.45) is 0. The lowest BCUT2D eigenvalue weighted by atomic mass is 10.1. The van der Waals surface area contributed by atoms with Crippen molar-refractivity contribution in [1.82, 2.24) is 4.31 Å². The number of aryl methyl sites for hydroxylation is 1. The number of rotatable bonds is 7. The molecule has 2 aromatic rings. The van der Waals surface area contributed by atoms with Gasteiger partial charge in [0.25, 0.3) is 0 Å². The number of carboxylic acid groups (broad SMARTS) is 1. The molecule has 31 heavy (non-hydrogen) atoms. The van der Waals surface area contributed by atoms with Crippen molar-refractivity contribution in [3.8, 4) is 11.8 Å². The van der Waals surface area contributed by atoms with E-state index in [0.29, 0.717) is 5.56 Å². The summed E-state index contributed by atoms with van der Waals surface area (Å²) < 4.78 is 32.8. The van der Waals surface area contributed by atoms with Crippen molar-refractivity contribution in [1.29, 1.82) is 0 Å². The summed E-state index contributed by atoms with van der Waals surface area (Å²) in [5, 5.41) is 9.40. The summed E-state index contributed by atoms with van der Waals surface area (Å²) in [5.41, 5.74) is 2.21. The average molecular weight is 444 g/mol. The molecule has 2 rings (SSSR count). The zero-order valence-electron chi connectivity index (χ0n) is 18.5. The topological polar surface area (TPSA) is 83.9 Å². The molecule has 166 valence electrons. The standard InChI is InChI=1S/C24H29NO5S/c1-18-6-8-20(9-7-18)10-11-21-12-14-22(15-13-21)31(28,29)25(19(2)23(26)27)16-17-30-24(3,4)5/h6-9,12-15,19H,16-17H2,1-5H3,(H,26,27)/t19-/m1/s1. The van der Waals surface area contributed by atoms with Crippen LogP contribution in [-0.4, -0.2) is 48.6 Å². The van der Waals surface area contributed by atoms with Crippen molar-refractivity contribution in [2.24, 2.45) is 0 Å². The van der Waals surface area contributed by atoms with E-state index in [1.807, 2.05) is 52.0 Å². The molecule has 0 aromatic heterocycles. The Balaban J connectivity index is 2.24. The molecule has 6 nitrogen and oxygen atoms in total. The van der Waals surface area contributed by atoms with Crippen molar-refractivity contribution in [2.75, 3.05) is 13.2 Å². The van der Waals surface area contributed by atoms with Crippen LogP contribution in [0.4, 0.5) is 0 Å². The van der Waals surface area contributed by atoms with Crippen molar-refractivity contribution in [2.45, 2.75) is 51.2 Å². The van der Waals surface area contributed by atoms with Crippen molar-refractivity contribution in [3.05, 3.63) is 65.2 Å². The van der Waals surface area contributed by atoms with Crippen LogP contribution in [0.1, 0.15) is 44.4 Å². The Morgan fingerprint density at radius 2 is 1.52 bits per heavy atom. The molecule has 2 aromatic carbocycles. The third-order valence-electron chi connectivity index (χ3n) is 4.50. The fourth-order valence-electron chi connectivity index (χ4n) is 2.71. The van der Waals surface area contributed by atoms with Gasteiger partial charge >= 0.3 is 5.97 Å². The SMILES string of the molecule is Cc1ccc(C#Cc2ccc(S(=O)(=O)N(CCOC(C)(C)C)[C@H](C)C(=O)O)cc2)cc1. The average Bonchev–Trinajstić information content (AvgIpc) is 2.69. The van der Waals surface area contributed by atoms with E-state index in [9.17, 15) is 18.3 Å². The van der Waals surface area contributed by atoms with Gasteiger partial charge in [0.1, 0.15) is 6.04 Å². The number of hydrogen-bond donors (Lipinski definition) is 1. The summed E-state index contributed by atoms with van der Waals surface area (Å²) in [7, 11) is -4.03. The highest BCUT2D eigenvalue weighted by Crippen LogP contribution is 2.20. The highest BCUT2D eigenvalue weighted by Gasteiger charge is 2.33. The number of carbonyl (C=O) groups is 1. The Kier molecular flexibility index (Phi) is 8.02. The number of hydrogen-bond acceptors (Lipinski definition) is 4. The van der Waals surface area contributed by atoms with E-state index in [4.69, 9.17) is 4.74 Å². The first kappa shape index (κ1) is 24.6. The lowest BCUT2D eigenvalue weighted by Gasteiger charge is -2.27. The van der Waals surface area contributed by atoms with E-state index in [1.165, 1.54) is 19.1 Å². The smallest absolute Gasteiger partial charge is 0.321 e. The molecule has 1 N–H and O–H groups in total. The van der Waals surface area contributed by atoms with E-state index in [-0.39, 0.29) is 18.0 Å². The van der Waals surface area contributed by atoms with Crippen LogP contribution >= 0.6 is 0 Å². The van der Waals surface area contributed by atoms with Crippen LogP contribution in [0.2, 0.25) is 0 Å². The Hall–Kier alpha value is -2.66. The second-order valence-corrected chi connectivity index (χ2v) is 10.1. The van der Waals surface area contributed by atoms with Crippen LogP contribution < -0.4 is 0 Å². The summed E-state index contributed by atoms with van der Waals surface area (Å²) >= 11 is 0. The number of aliphatic carboxylic acids is 1. The summed E-state index contributed by atoms with van der Waals surface area (Å²) in [6, 6.07) is 12.7. The zero-order chi connectivity index (χ0) is 23.2. The Labute approximate surface area is 184 Å². The largest absolute Gasteiger partial charge is 0.480 e. The monoisotopic (exact) mass is 443 g/mol. The molecule has 0 unspecified atom stereocenters. The maximum absolute atomic E-state index is 13.1. The van der Waals surface area contributed by atoms with E-state index in [0.717, 1.165) is 15.4 Å². The minimum absolute atomic E-state index is 0.0113. The molecule has 7 heteroatoms. The number of carboxylic acids is 1. The van der Waals surface area contributed by atoms with Crippen LogP contribution in [0.3, 0.4) is 0 Å².